The second kappa shape index (κ2) is 15.0. The molecule has 1 saturated heterocycles. The van der Waals surface area contributed by atoms with E-state index in [-0.39, 0.29) is 24.4 Å². The van der Waals surface area contributed by atoms with Crippen LogP contribution in [0.25, 0.3) is 11.2 Å². The number of carbonyl (C=O) groups is 2. The maximum Gasteiger partial charge on any atom is 0.407 e. The summed E-state index contributed by atoms with van der Waals surface area (Å²) in [6, 6.07) is 22.1. The molecule has 2 aliphatic rings. The molecule has 51 heavy (non-hydrogen) atoms. The Morgan fingerprint density at radius 3 is 2.39 bits per heavy atom. The van der Waals surface area contributed by atoms with E-state index >= 15 is 0 Å². The van der Waals surface area contributed by atoms with E-state index in [0.29, 0.717) is 54.7 Å². The molecule has 2 fully saturated rings. The molecule has 1 aliphatic carbocycles. The summed E-state index contributed by atoms with van der Waals surface area (Å²) in [5, 5.41) is 34.0. The van der Waals surface area contributed by atoms with Crippen molar-refractivity contribution >= 4 is 40.7 Å². The number of imidazole rings is 1. The topological polar surface area (TPSA) is 192 Å². The van der Waals surface area contributed by atoms with Crippen molar-refractivity contribution in [3.05, 3.63) is 103 Å². The summed E-state index contributed by atoms with van der Waals surface area (Å²) < 4.78 is 6.46. The zero-order chi connectivity index (χ0) is 35.3. The first-order valence-electron chi connectivity index (χ1n) is 16.9. The molecule has 15 heteroatoms. The van der Waals surface area contributed by atoms with Crippen LogP contribution in [0.3, 0.4) is 0 Å². The molecule has 3 amide bonds. The van der Waals surface area contributed by atoms with Gasteiger partial charge in [-0.05, 0) is 36.1 Å². The highest BCUT2D eigenvalue weighted by molar-refractivity contribution is 5.89. The third kappa shape index (κ3) is 7.39. The van der Waals surface area contributed by atoms with Gasteiger partial charge in [-0.3, -0.25) is 4.98 Å². The van der Waals surface area contributed by atoms with Crippen LogP contribution < -0.4 is 26.2 Å². The van der Waals surface area contributed by atoms with Crippen molar-refractivity contribution in [2.75, 3.05) is 42.3 Å². The first kappa shape index (κ1) is 33.7. The summed E-state index contributed by atoms with van der Waals surface area (Å²) in [6.07, 6.45) is 2.55. The number of nitrogens with one attached hydrogen (secondary N) is 4. The minimum Gasteiger partial charge on any atom is -0.453 e. The van der Waals surface area contributed by atoms with Gasteiger partial charge in [-0.2, -0.15) is 9.97 Å². The lowest BCUT2D eigenvalue weighted by atomic mass is 9.91. The van der Waals surface area contributed by atoms with Crippen LogP contribution in [0.5, 0.6) is 0 Å². The molecule has 6 N–H and O–H groups in total. The quantitative estimate of drug-likeness (QED) is 0.126. The van der Waals surface area contributed by atoms with Gasteiger partial charge in [-0.25, -0.2) is 14.6 Å². The fourth-order valence-corrected chi connectivity index (χ4v) is 6.90. The summed E-state index contributed by atoms with van der Waals surface area (Å²) >= 11 is 0. The van der Waals surface area contributed by atoms with Gasteiger partial charge in [0, 0.05) is 37.8 Å². The molecule has 5 aromatic rings. The molecule has 1 unspecified atom stereocenters. The van der Waals surface area contributed by atoms with E-state index < -0.39 is 30.4 Å². The Bertz CT molecular complexity index is 1910. The standard InChI is InChI=1S/C36H40N10O5/c1-51-36(50)42-27-17-28(31(48)30(27)47)46-21-39-29-32(38-19-26(22-9-4-2-5-10-22)23-11-6-3-7-12-23)43-34(44-33(29)46)45-16-14-25(20-45)41-35(49)40-24-13-8-15-37-18-24/h2-13,15,18,21,25-28,30-31,47-48H,14,16-17,19-20H2,1H3,(H,42,50)(H,38,43,44)(H2,40,41,49)/t25?,27-,28+,30+,31-/m0/s1. The van der Waals surface area contributed by atoms with Gasteiger partial charge in [0.15, 0.2) is 17.0 Å². The van der Waals surface area contributed by atoms with Crippen LogP contribution in [0.15, 0.2) is 91.5 Å². The van der Waals surface area contributed by atoms with E-state index in [1.807, 2.05) is 41.3 Å². The Morgan fingerprint density at radius 1 is 0.961 bits per heavy atom. The average Bonchev–Trinajstić information content (AvgIpc) is 3.87. The molecule has 1 aliphatic heterocycles. The summed E-state index contributed by atoms with van der Waals surface area (Å²) in [4.78, 5) is 45.4. The molecule has 0 bridgehead atoms. The number of anilines is 3. The average molecular weight is 693 g/mol. The van der Waals surface area contributed by atoms with E-state index in [4.69, 9.17) is 19.7 Å². The van der Waals surface area contributed by atoms with Gasteiger partial charge in [-0.1, -0.05) is 60.7 Å². The van der Waals surface area contributed by atoms with Crippen molar-refractivity contribution in [2.24, 2.45) is 0 Å². The highest BCUT2D eigenvalue weighted by Gasteiger charge is 2.44. The van der Waals surface area contributed by atoms with Crippen molar-refractivity contribution < 1.29 is 24.5 Å². The van der Waals surface area contributed by atoms with Crippen molar-refractivity contribution in [1.82, 2.24) is 35.1 Å². The van der Waals surface area contributed by atoms with Gasteiger partial charge in [0.2, 0.25) is 5.95 Å². The Hall–Kier alpha value is -5.80. The van der Waals surface area contributed by atoms with Gasteiger partial charge in [0.1, 0.15) is 12.2 Å². The number of aliphatic hydroxyl groups is 2. The van der Waals surface area contributed by atoms with Crippen LogP contribution >= 0.6 is 0 Å². The van der Waals surface area contributed by atoms with E-state index in [1.165, 1.54) is 7.11 Å². The number of aromatic nitrogens is 5. The molecule has 0 spiro atoms. The van der Waals surface area contributed by atoms with Crippen molar-refractivity contribution in [2.45, 2.75) is 49.1 Å². The highest BCUT2D eigenvalue weighted by atomic mass is 16.5. The number of rotatable bonds is 10. The number of urea groups is 1. The third-order valence-electron chi connectivity index (χ3n) is 9.51. The van der Waals surface area contributed by atoms with E-state index in [0.717, 1.165) is 11.1 Å². The maximum atomic E-state index is 12.8. The van der Waals surface area contributed by atoms with E-state index in [1.54, 1.807) is 35.4 Å². The third-order valence-corrected chi connectivity index (χ3v) is 9.51. The molecular weight excluding hydrogens is 652 g/mol. The summed E-state index contributed by atoms with van der Waals surface area (Å²) in [5.41, 5.74) is 3.82. The zero-order valence-corrected chi connectivity index (χ0v) is 28.0. The highest BCUT2D eigenvalue weighted by Crippen LogP contribution is 2.35. The molecule has 0 radical (unpaired) electrons. The maximum absolute atomic E-state index is 12.8. The first-order valence-corrected chi connectivity index (χ1v) is 16.9. The lowest BCUT2D eigenvalue weighted by Crippen LogP contribution is -2.43. The molecule has 2 aromatic carbocycles. The number of amides is 3. The number of alkyl carbamates (subject to hydrolysis) is 1. The Kier molecular flexibility index (Phi) is 9.90. The molecule has 3 aromatic heterocycles. The number of aliphatic hydroxyl groups excluding tert-OH is 2. The number of hydrogen-bond acceptors (Lipinski definition) is 11. The van der Waals surface area contributed by atoms with Gasteiger partial charge >= 0.3 is 12.1 Å². The van der Waals surface area contributed by atoms with Crippen molar-refractivity contribution in [3.63, 3.8) is 0 Å². The van der Waals surface area contributed by atoms with Crippen LogP contribution in [0.4, 0.5) is 27.0 Å². The predicted molar refractivity (Wildman–Crippen MR) is 191 cm³/mol. The SMILES string of the molecule is COC(=O)N[C@H]1C[C@@H](n2cnc3c(NCC(c4ccccc4)c4ccccc4)nc(N4CCC(NC(=O)Nc5cccnc5)C4)nc32)[C@H](O)[C@@H]1O. The largest absolute Gasteiger partial charge is 0.453 e. The number of pyridine rings is 1. The lowest BCUT2D eigenvalue weighted by molar-refractivity contribution is 0.0142. The number of ether oxygens (including phenoxy) is 1. The molecule has 5 atom stereocenters. The minimum absolute atomic E-state index is 0.00130. The number of benzene rings is 2. The number of nitrogens with zero attached hydrogens (tertiary/aromatic N) is 6. The number of carbonyl (C=O) groups excluding carboxylic acids is 2. The number of methoxy groups -OCH3 is 1. The van der Waals surface area contributed by atoms with Crippen LogP contribution in [0.2, 0.25) is 0 Å². The van der Waals surface area contributed by atoms with E-state index in [2.05, 4.69) is 50.5 Å². The monoisotopic (exact) mass is 692 g/mol. The predicted octanol–water partition coefficient (Wildman–Crippen LogP) is 3.26. The van der Waals surface area contributed by atoms with Crippen LogP contribution in [-0.4, -0.2) is 97.9 Å². The Morgan fingerprint density at radius 2 is 1.71 bits per heavy atom. The first-order chi connectivity index (χ1) is 24.9. The minimum atomic E-state index is -1.23. The number of fused-ring (bicyclic) bond motifs is 1. The van der Waals surface area contributed by atoms with Gasteiger partial charge < -0.3 is 45.7 Å². The van der Waals surface area contributed by atoms with Gasteiger partial charge in [0.05, 0.1) is 37.4 Å². The van der Waals surface area contributed by atoms with Crippen LogP contribution in [-0.2, 0) is 4.74 Å². The Labute approximate surface area is 294 Å². The second-order valence-corrected chi connectivity index (χ2v) is 12.7. The van der Waals surface area contributed by atoms with Crippen molar-refractivity contribution in [3.8, 4) is 0 Å². The Balaban J connectivity index is 1.19. The normalized spacial score (nSPS) is 21.5. The molecular formula is C36H40N10O5. The fraction of sp³-hybridized carbons (Fsp3) is 0.333. The van der Waals surface area contributed by atoms with Crippen molar-refractivity contribution in [1.29, 1.82) is 0 Å². The molecule has 264 valence electrons. The van der Waals surface area contributed by atoms with Crippen LogP contribution in [0, 0.1) is 0 Å². The smallest absolute Gasteiger partial charge is 0.407 e. The molecule has 15 nitrogen and oxygen atoms in total. The van der Waals surface area contributed by atoms with Gasteiger partial charge in [0.25, 0.3) is 0 Å². The second-order valence-electron chi connectivity index (χ2n) is 12.7. The zero-order valence-electron chi connectivity index (χ0n) is 28.0. The molecule has 7 rings (SSSR count). The number of hydrogen-bond donors (Lipinski definition) is 6. The summed E-state index contributed by atoms with van der Waals surface area (Å²) in [5.74, 6) is 0.934. The summed E-state index contributed by atoms with van der Waals surface area (Å²) in [6.45, 7) is 1.55. The fourth-order valence-electron chi connectivity index (χ4n) is 6.90. The summed E-state index contributed by atoms with van der Waals surface area (Å²) in [7, 11) is 1.24. The lowest BCUT2D eigenvalue weighted by Gasteiger charge is -2.22. The molecule has 4 heterocycles. The van der Waals surface area contributed by atoms with Crippen LogP contribution in [0.1, 0.15) is 35.9 Å². The van der Waals surface area contributed by atoms with Gasteiger partial charge in [-0.15, -0.1) is 0 Å². The van der Waals surface area contributed by atoms with E-state index in [9.17, 15) is 19.8 Å². The molecule has 1 saturated carbocycles.